The standard InChI is InChI=1S/C25H44/c1-3-5-7-12-22-18-20-23(21-19-22)13-8-9-15-25-17-11-10-16-24(25)14-6-4-2/h3,5-6,14,22-25H,4,7-13,15-21H2,1-2H3/b5-3+,14-6+. The third kappa shape index (κ3) is 8.14. The van der Waals surface area contributed by atoms with Crippen LogP contribution in [0.25, 0.3) is 0 Å². The summed E-state index contributed by atoms with van der Waals surface area (Å²) in [5, 5.41) is 0. The molecular formula is C25H44. The van der Waals surface area contributed by atoms with Crippen molar-refractivity contribution in [3.05, 3.63) is 24.3 Å². The molecular weight excluding hydrogens is 300 g/mol. The van der Waals surface area contributed by atoms with E-state index < -0.39 is 0 Å². The molecule has 0 aromatic rings. The predicted octanol–water partition coefficient (Wildman–Crippen LogP) is 8.48. The molecule has 144 valence electrons. The Hall–Kier alpha value is -0.520. The number of rotatable bonds is 10. The fourth-order valence-electron chi connectivity index (χ4n) is 5.31. The van der Waals surface area contributed by atoms with Gasteiger partial charge >= 0.3 is 0 Å². The van der Waals surface area contributed by atoms with Gasteiger partial charge in [-0.15, -0.1) is 0 Å². The van der Waals surface area contributed by atoms with Gasteiger partial charge in [-0.2, -0.15) is 0 Å². The molecule has 0 heterocycles. The lowest BCUT2D eigenvalue weighted by atomic mass is 9.75. The van der Waals surface area contributed by atoms with Gasteiger partial charge in [0.2, 0.25) is 0 Å². The summed E-state index contributed by atoms with van der Waals surface area (Å²) in [5.74, 6) is 3.99. The van der Waals surface area contributed by atoms with Gasteiger partial charge in [-0.25, -0.2) is 0 Å². The molecule has 2 aliphatic rings. The second-order valence-electron chi connectivity index (χ2n) is 8.86. The maximum absolute atomic E-state index is 2.55. The Kier molecular flexibility index (Phi) is 10.6. The highest BCUT2D eigenvalue weighted by Crippen LogP contribution is 2.37. The first-order valence-corrected chi connectivity index (χ1v) is 11.6. The minimum absolute atomic E-state index is 0.904. The average molecular weight is 345 g/mol. The Morgan fingerprint density at radius 1 is 0.760 bits per heavy atom. The highest BCUT2D eigenvalue weighted by atomic mass is 14.3. The molecule has 0 amide bonds. The molecule has 2 saturated carbocycles. The number of allylic oxidation sites excluding steroid dienone is 4. The highest BCUT2D eigenvalue weighted by molar-refractivity contribution is 4.93. The molecule has 0 nitrogen and oxygen atoms in total. The van der Waals surface area contributed by atoms with Crippen molar-refractivity contribution in [2.75, 3.05) is 0 Å². The Labute approximate surface area is 158 Å². The summed E-state index contributed by atoms with van der Waals surface area (Å²) in [6.45, 7) is 4.41. The van der Waals surface area contributed by atoms with Gasteiger partial charge in [0.15, 0.2) is 0 Å². The van der Waals surface area contributed by atoms with E-state index >= 15 is 0 Å². The van der Waals surface area contributed by atoms with Gasteiger partial charge < -0.3 is 0 Å². The quantitative estimate of drug-likeness (QED) is 0.275. The molecule has 0 spiro atoms. The van der Waals surface area contributed by atoms with E-state index in [9.17, 15) is 0 Å². The van der Waals surface area contributed by atoms with Crippen molar-refractivity contribution in [1.82, 2.24) is 0 Å². The molecule has 0 heteroatoms. The zero-order valence-electron chi connectivity index (χ0n) is 17.2. The molecule has 2 fully saturated rings. The van der Waals surface area contributed by atoms with Crippen molar-refractivity contribution in [1.29, 1.82) is 0 Å². The minimum Gasteiger partial charge on any atom is -0.0917 e. The van der Waals surface area contributed by atoms with Crippen LogP contribution in [-0.4, -0.2) is 0 Å². The first-order valence-electron chi connectivity index (χ1n) is 11.6. The van der Waals surface area contributed by atoms with Crippen LogP contribution in [0.2, 0.25) is 0 Å². The maximum Gasteiger partial charge on any atom is -0.0205 e. The van der Waals surface area contributed by atoms with Crippen molar-refractivity contribution < 1.29 is 0 Å². The van der Waals surface area contributed by atoms with Crippen LogP contribution in [0, 0.1) is 23.7 Å². The zero-order chi connectivity index (χ0) is 17.7. The van der Waals surface area contributed by atoms with E-state index in [0.717, 1.165) is 23.7 Å². The van der Waals surface area contributed by atoms with Crippen molar-refractivity contribution in [3.63, 3.8) is 0 Å². The van der Waals surface area contributed by atoms with E-state index in [0.29, 0.717) is 0 Å². The third-order valence-corrected chi connectivity index (χ3v) is 6.97. The van der Waals surface area contributed by atoms with Gasteiger partial charge in [0.05, 0.1) is 0 Å². The molecule has 2 unspecified atom stereocenters. The fraction of sp³-hybridized carbons (Fsp3) is 0.840. The Morgan fingerprint density at radius 2 is 1.44 bits per heavy atom. The molecule has 2 atom stereocenters. The molecule has 0 radical (unpaired) electrons. The molecule has 0 aromatic heterocycles. The number of unbranched alkanes of at least 4 members (excludes halogenated alkanes) is 1. The normalized spacial score (nSPS) is 31.1. The van der Waals surface area contributed by atoms with Crippen molar-refractivity contribution in [2.24, 2.45) is 23.7 Å². The van der Waals surface area contributed by atoms with E-state index in [1.807, 2.05) is 0 Å². The number of hydrogen-bond donors (Lipinski definition) is 0. The van der Waals surface area contributed by atoms with Crippen molar-refractivity contribution >= 4 is 0 Å². The van der Waals surface area contributed by atoms with E-state index in [-0.39, 0.29) is 0 Å². The Bertz CT molecular complexity index is 369. The molecule has 2 aliphatic carbocycles. The van der Waals surface area contributed by atoms with Crippen molar-refractivity contribution in [2.45, 2.75) is 110 Å². The molecule has 0 bridgehead atoms. The molecule has 25 heavy (non-hydrogen) atoms. The van der Waals surface area contributed by atoms with E-state index in [1.165, 1.54) is 96.3 Å². The summed E-state index contributed by atoms with van der Waals surface area (Å²) in [6, 6.07) is 0. The molecule has 0 aromatic carbocycles. The lowest BCUT2D eigenvalue weighted by molar-refractivity contribution is 0.237. The third-order valence-electron chi connectivity index (χ3n) is 6.97. The highest BCUT2D eigenvalue weighted by Gasteiger charge is 2.23. The molecule has 0 saturated heterocycles. The van der Waals surface area contributed by atoms with E-state index in [1.54, 1.807) is 0 Å². The average Bonchev–Trinajstić information content (AvgIpc) is 2.65. The number of hydrogen-bond acceptors (Lipinski definition) is 0. The van der Waals surface area contributed by atoms with Gasteiger partial charge in [0.1, 0.15) is 0 Å². The van der Waals surface area contributed by atoms with Crippen LogP contribution in [-0.2, 0) is 0 Å². The second kappa shape index (κ2) is 12.8. The van der Waals surface area contributed by atoms with E-state index in [2.05, 4.69) is 38.2 Å². The van der Waals surface area contributed by atoms with Crippen LogP contribution < -0.4 is 0 Å². The van der Waals surface area contributed by atoms with Gasteiger partial charge in [0, 0.05) is 0 Å². The second-order valence-corrected chi connectivity index (χ2v) is 8.86. The summed E-state index contributed by atoms with van der Waals surface area (Å²) in [5.41, 5.74) is 0. The smallest absolute Gasteiger partial charge is 0.0205 e. The first-order chi connectivity index (χ1) is 12.3. The Balaban J connectivity index is 1.56. The predicted molar refractivity (Wildman–Crippen MR) is 113 cm³/mol. The maximum atomic E-state index is 2.55. The van der Waals surface area contributed by atoms with Crippen LogP contribution in [0.1, 0.15) is 110 Å². The minimum atomic E-state index is 0.904. The van der Waals surface area contributed by atoms with Gasteiger partial charge in [-0.3, -0.25) is 0 Å². The van der Waals surface area contributed by atoms with Crippen LogP contribution in [0.4, 0.5) is 0 Å². The van der Waals surface area contributed by atoms with Crippen LogP contribution in [0.15, 0.2) is 24.3 Å². The van der Waals surface area contributed by atoms with Crippen LogP contribution >= 0.6 is 0 Å². The molecule has 0 aliphatic heterocycles. The zero-order valence-corrected chi connectivity index (χ0v) is 17.2. The summed E-state index contributed by atoms with van der Waals surface area (Å²) in [4.78, 5) is 0. The SMILES string of the molecule is C/C=C/CCC1CCC(CCCCC2CCCCC2/C=C/CC)CC1. The monoisotopic (exact) mass is 344 g/mol. The van der Waals surface area contributed by atoms with Gasteiger partial charge in [-0.1, -0.05) is 89.0 Å². The summed E-state index contributed by atoms with van der Waals surface area (Å²) in [7, 11) is 0. The lowest BCUT2D eigenvalue weighted by Crippen LogP contribution is -2.18. The van der Waals surface area contributed by atoms with Gasteiger partial charge in [-0.05, 0) is 69.1 Å². The topological polar surface area (TPSA) is 0 Å². The van der Waals surface area contributed by atoms with Crippen molar-refractivity contribution in [3.8, 4) is 0 Å². The fourth-order valence-corrected chi connectivity index (χ4v) is 5.31. The summed E-state index contributed by atoms with van der Waals surface area (Å²) in [6.07, 6.45) is 31.4. The van der Waals surface area contributed by atoms with E-state index in [4.69, 9.17) is 0 Å². The molecule has 2 rings (SSSR count). The first kappa shape index (κ1) is 20.8. The Morgan fingerprint density at radius 3 is 2.16 bits per heavy atom. The lowest BCUT2D eigenvalue weighted by Gasteiger charge is -2.30. The largest absolute Gasteiger partial charge is 0.0917 e. The van der Waals surface area contributed by atoms with Crippen LogP contribution in [0.5, 0.6) is 0 Å². The molecule has 0 N–H and O–H groups in total. The summed E-state index contributed by atoms with van der Waals surface area (Å²) >= 11 is 0. The van der Waals surface area contributed by atoms with Gasteiger partial charge in [0.25, 0.3) is 0 Å². The van der Waals surface area contributed by atoms with Crippen LogP contribution in [0.3, 0.4) is 0 Å². The summed E-state index contributed by atoms with van der Waals surface area (Å²) < 4.78 is 0.